The van der Waals surface area contributed by atoms with Crippen LogP contribution in [0.3, 0.4) is 0 Å². The van der Waals surface area contributed by atoms with E-state index in [-0.39, 0.29) is 29.3 Å². The lowest BCUT2D eigenvalue weighted by molar-refractivity contribution is -0.113. The van der Waals surface area contributed by atoms with Gasteiger partial charge in [0.25, 0.3) is 5.91 Å². The first-order valence-electron chi connectivity index (χ1n) is 12.6. The smallest absolute Gasteiger partial charge is 0.341 e. The highest BCUT2D eigenvalue weighted by Crippen LogP contribution is 2.33. The summed E-state index contributed by atoms with van der Waals surface area (Å²) in [5, 5.41) is 16.3. The van der Waals surface area contributed by atoms with E-state index in [9.17, 15) is 19.5 Å². The molecular formula is C28H29N3O6S. The molecule has 10 heteroatoms. The van der Waals surface area contributed by atoms with E-state index in [4.69, 9.17) is 9.47 Å². The molecule has 0 atom stereocenters. The minimum Gasteiger partial charge on any atom is -0.497 e. The Morgan fingerprint density at radius 1 is 1.13 bits per heavy atom. The zero-order valence-electron chi connectivity index (χ0n) is 21.0. The van der Waals surface area contributed by atoms with Crippen molar-refractivity contribution < 1.29 is 29.0 Å². The fourth-order valence-corrected chi connectivity index (χ4v) is 5.72. The number of carbonyl (C=O) groups is 3. The summed E-state index contributed by atoms with van der Waals surface area (Å²) in [5.41, 5.74) is 1.88. The quantitative estimate of drug-likeness (QED) is 0.377. The molecular weight excluding hydrogens is 506 g/mol. The lowest BCUT2D eigenvalue weighted by Gasteiger charge is -2.29. The van der Waals surface area contributed by atoms with E-state index in [1.165, 1.54) is 11.8 Å². The second kappa shape index (κ2) is 11.3. The van der Waals surface area contributed by atoms with Gasteiger partial charge in [0.05, 0.1) is 30.7 Å². The molecule has 38 heavy (non-hydrogen) atoms. The zero-order chi connectivity index (χ0) is 26.6. The fraction of sp³-hybridized carbons (Fsp3) is 0.357. The van der Waals surface area contributed by atoms with Crippen molar-refractivity contribution in [2.24, 2.45) is 5.92 Å². The Balaban J connectivity index is 1.12. The molecule has 198 valence electrons. The Morgan fingerprint density at radius 2 is 1.95 bits per heavy atom. The molecule has 5 rings (SSSR count). The van der Waals surface area contributed by atoms with E-state index in [0.717, 1.165) is 37.0 Å². The number of benzene rings is 2. The van der Waals surface area contributed by atoms with Crippen molar-refractivity contribution >= 4 is 46.1 Å². The molecule has 2 heterocycles. The summed E-state index contributed by atoms with van der Waals surface area (Å²) in [4.78, 5) is 41.6. The van der Waals surface area contributed by atoms with Gasteiger partial charge in [0.2, 0.25) is 11.8 Å². The molecule has 1 aromatic heterocycles. The van der Waals surface area contributed by atoms with Gasteiger partial charge >= 0.3 is 5.97 Å². The Hall–Kier alpha value is -3.79. The molecule has 3 N–H and O–H groups in total. The molecule has 1 aliphatic carbocycles. The molecule has 0 spiro atoms. The number of carboxylic acids is 1. The molecule has 0 unspecified atom stereocenters. The van der Waals surface area contributed by atoms with Crippen LogP contribution in [0.4, 0.5) is 5.69 Å². The van der Waals surface area contributed by atoms with Crippen LogP contribution in [0, 0.1) is 5.92 Å². The van der Waals surface area contributed by atoms with Gasteiger partial charge in [-0.15, -0.1) is 11.8 Å². The third-order valence-corrected chi connectivity index (χ3v) is 8.12. The van der Waals surface area contributed by atoms with Gasteiger partial charge < -0.3 is 25.2 Å². The highest BCUT2D eigenvalue weighted by molar-refractivity contribution is 8.00. The number of nitrogens with zero attached hydrogens (tertiary/aromatic N) is 1. The highest BCUT2D eigenvalue weighted by Gasteiger charge is 2.24. The first-order chi connectivity index (χ1) is 18.4. The predicted molar refractivity (Wildman–Crippen MR) is 144 cm³/mol. The summed E-state index contributed by atoms with van der Waals surface area (Å²) in [6.07, 6.45) is 4.39. The molecule has 2 aliphatic rings. The van der Waals surface area contributed by atoms with Gasteiger partial charge in [0, 0.05) is 28.0 Å². The largest absolute Gasteiger partial charge is 0.497 e. The lowest BCUT2D eigenvalue weighted by atomic mass is 9.84. The van der Waals surface area contributed by atoms with E-state index in [0.29, 0.717) is 46.2 Å². The van der Waals surface area contributed by atoms with Gasteiger partial charge in [0.1, 0.15) is 11.3 Å². The van der Waals surface area contributed by atoms with Crippen LogP contribution >= 0.6 is 11.8 Å². The average molecular weight is 536 g/mol. The molecule has 2 aromatic carbocycles. The van der Waals surface area contributed by atoms with Crippen molar-refractivity contribution in [2.75, 3.05) is 24.8 Å². The van der Waals surface area contributed by atoms with E-state index in [1.807, 2.05) is 6.07 Å². The van der Waals surface area contributed by atoms with Crippen molar-refractivity contribution in [3.8, 4) is 11.6 Å². The van der Waals surface area contributed by atoms with Crippen LogP contribution in [0.1, 0.15) is 52.8 Å². The first kappa shape index (κ1) is 25.8. The van der Waals surface area contributed by atoms with Crippen LogP contribution in [0.15, 0.2) is 47.4 Å². The monoisotopic (exact) mass is 535 g/mol. The zero-order valence-corrected chi connectivity index (χ0v) is 21.8. The number of aromatic carboxylic acids is 1. The molecule has 1 aliphatic heterocycles. The summed E-state index contributed by atoms with van der Waals surface area (Å²) in [7, 11) is 1.57. The molecule has 2 amide bonds. The normalized spacial score (nSPS) is 18.8. The van der Waals surface area contributed by atoms with Crippen molar-refractivity contribution in [1.29, 1.82) is 0 Å². The van der Waals surface area contributed by atoms with Crippen molar-refractivity contribution in [3.63, 3.8) is 0 Å². The maximum Gasteiger partial charge on any atom is 0.341 e. The van der Waals surface area contributed by atoms with Crippen molar-refractivity contribution in [1.82, 2.24) is 10.3 Å². The van der Waals surface area contributed by atoms with Crippen LogP contribution in [-0.2, 0) is 4.79 Å². The third-order valence-electron chi connectivity index (χ3n) is 7.04. The van der Waals surface area contributed by atoms with Crippen LogP contribution < -0.4 is 20.1 Å². The number of aromatic nitrogens is 1. The van der Waals surface area contributed by atoms with Gasteiger partial charge in [-0.2, -0.15) is 0 Å². The number of anilines is 1. The molecule has 0 saturated heterocycles. The maximum atomic E-state index is 12.8. The predicted octanol–water partition coefficient (Wildman–Crippen LogP) is 4.74. The minimum absolute atomic E-state index is 0.0365. The number of methoxy groups -OCH3 is 1. The lowest BCUT2D eigenvalue weighted by Crippen LogP contribution is -2.37. The van der Waals surface area contributed by atoms with E-state index in [1.54, 1.807) is 43.5 Å². The number of hydrogen-bond acceptors (Lipinski definition) is 7. The second-order valence-corrected chi connectivity index (χ2v) is 10.6. The number of carboxylic acid groups (broad SMARTS) is 1. The number of thioether (sulfide) groups is 1. The van der Waals surface area contributed by atoms with E-state index < -0.39 is 5.97 Å². The van der Waals surface area contributed by atoms with Crippen LogP contribution in [0.2, 0.25) is 0 Å². The summed E-state index contributed by atoms with van der Waals surface area (Å²) in [5.74, 6) is 0.290. The molecule has 9 nitrogen and oxygen atoms in total. The molecule has 0 bridgehead atoms. The van der Waals surface area contributed by atoms with Crippen molar-refractivity contribution in [2.45, 2.75) is 43.0 Å². The number of carbonyl (C=O) groups excluding carboxylic acids is 2. The van der Waals surface area contributed by atoms with E-state index >= 15 is 0 Å². The van der Waals surface area contributed by atoms with Crippen LogP contribution in [0.5, 0.6) is 11.6 Å². The fourth-order valence-electron chi connectivity index (χ4n) is 4.93. The Kier molecular flexibility index (Phi) is 7.69. The minimum atomic E-state index is -1.08. The third kappa shape index (κ3) is 5.85. The number of hydrogen-bond donors (Lipinski definition) is 3. The molecule has 1 fully saturated rings. The summed E-state index contributed by atoms with van der Waals surface area (Å²) >= 11 is 1.47. The van der Waals surface area contributed by atoms with Gasteiger partial charge in [0.15, 0.2) is 0 Å². The van der Waals surface area contributed by atoms with Gasteiger partial charge in [-0.3, -0.25) is 9.59 Å². The van der Waals surface area contributed by atoms with Crippen LogP contribution in [0.25, 0.3) is 10.9 Å². The maximum absolute atomic E-state index is 12.8. The Labute approximate surface area is 224 Å². The number of pyridine rings is 1. The van der Waals surface area contributed by atoms with Gasteiger partial charge in [-0.1, -0.05) is 0 Å². The Bertz CT molecular complexity index is 1390. The van der Waals surface area contributed by atoms with Crippen LogP contribution in [-0.4, -0.2) is 53.4 Å². The van der Waals surface area contributed by atoms with E-state index in [2.05, 4.69) is 15.6 Å². The standard InChI is InChI=1S/C28H29N3O6S/c1-36-20-8-4-17-12-21(28(34)35)27(31-22(17)14-20)37-11-10-16-2-6-19(7-3-16)29-26(33)18-5-9-24-23(13-18)30-25(32)15-38-24/h4-5,8-9,12-14,16,19H,2-3,6-7,10-11,15H2,1H3,(H,29,33)(H,30,32)(H,34,35)/t16-,19-. The number of fused-ring (bicyclic) bond motifs is 2. The summed E-state index contributed by atoms with van der Waals surface area (Å²) < 4.78 is 11.1. The Morgan fingerprint density at radius 3 is 2.71 bits per heavy atom. The SMILES string of the molecule is COc1ccc2cc(C(=O)O)c(OCC[C@H]3CC[C@H](NC(=O)c4ccc5c(c4)NC(=O)CS5)CC3)nc2c1. The summed E-state index contributed by atoms with van der Waals surface area (Å²) in [6.45, 7) is 0.364. The second-order valence-electron chi connectivity index (χ2n) is 9.58. The highest BCUT2D eigenvalue weighted by atomic mass is 32.2. The molecule has 0 radical (unpaired) electrons. The van der Waals surface area contributed by atoms with Crippen molar-refractivity contribution in [3.05, 3.63) is 53.6 Å². The molecule has 1 saturated carbocycles. The van der Waals surface area contributed by atoms with Gasteiger partial charge in [-0.25, -0.2) is 9.78 Å². The van der Waals surface area contributed by atoms with Gasteiger partial charge in [-0.05, 0) is 74.4 Å². The average Bonchev–Trinajstić information content (AvgIpc) is 2.92. The number of ether oxygens (including phenoxy) is 2. The number of nitrogens with one attached hydrogen (secondary N) is 2. The first-order valence-corrected chi connectivity index (χ1v) is 13.6. The topological polar surface area (TPSA) is 127 Å². The summed E-state index contributed by atoms with van der Waals surface area (Å²) in [6, 6.07) is 12.4. The number of amides is 2. The number of rotatable bonds is 8. The molecule has 3 aromatic rings.